The molecule has 1 atom stereocenters. The predicted molar refractivity (Wildman–Crippen MR) is 81.3 cm³/mol. The van der Waals surface area contributed by atoms with Crippen molar-refractivity contribution < 1.29 is 14.3 Å². The van der Waals surface area contributed by atoms with E-state index < -0.39 is 5.97 Å². The van der Waals surface area contributed by atoms with Crippen molar-refractivity contribution in [3.63, 3.8) is 0 Å². The van der Waals surface area contributed by atoms with E-state index in [-0.39, 0.29) is 12.6 Å². The summed E-state index contributed by atoms with van der Waals surface area (Å²) in [5.41, 5.74) is 0.736. The zero-order valence-electron chi connectivity index (χ0n) is 10.7. The Hall–Kier alpha value is -1.46. The molecular weight excluding hydrogens is 346 g/mol. The highest BCUT2D eigenvalue weighted by Gasteiger charge is 2.21. The van der Waals surface area contributed by atoms with Crippen LogP contribution in [0.2, 0.25) is 5.02 Å². The van der Waals surface area contributed by atoms with E-state index in [0.29, 0.717) is 15.5 Å². The average molecular weight is 359 g/mol. The Kier molecular flexibility index (Phi) is 4.73. The third kappa shape index (κ3) is 3.55. The number of hydrogen-bond donors (Lipinski definition) is 1. The van der Waals surface area contributed by atoms with Gasteiger partial charge in [0.05, 0.1) is 6.04 Å². The van der Waals surface area contributed by atoms with Gasteiger partial charge in [-0.3, -0.25) is 4.79 Å². The lowest BCUT2D eigenvalue weighted by atomic mass is 10.2. The first-order valence-electron chi connectivity index (χ1n) is 5.96. The van der Waals surface area contributed by atoms with Crippen molar-refractivity contribution in [3.8, 4) is 0 Å². The maximum atomic E-state index is 11.1. The molecule has 1 heterocycles. The van der Waals surface area contributed by atoms with Gasteiger partial charge in [-0.05, 0) is 53.2 Å². The summed E-state index contributed by atoms with van der Waals surface area (Å²) in [5, 5.41) is 9.66. The summed E-state index contributed by atoms with van der Waals surface area (Å²) in [6, 6.07) is 10.5. The normalized spacial score (nSPS) is 12.2. The third-order valence-electron chi connectivity index (χ3n) is 2.92. The van der Waals surface area contributed by atoms with Gasteiger partial charge in [0.1, 0.15) is 12.3 Å². The van der Waals surface area contributed by atoms with E-state index in [0.717, 1.165) is 5.69 Å². The molecule has 0 bridgehead atoms. The largest absolute Gasteiger partial charge is 0.480 e. The molecule has 0 saturated carbocycles. The van der Waals surface area contributed by atoms with Crippen molar-refractivity contribution in [1.29, 1.82) is 0 Å². The molecule has 106 valence electrons. The minimum Gasteiger partial charge on any atom is -0.480 e. The maximum absolute atomic E-state index is 11.1. The van der Waals surface area contributed by atoms with Crippen LogP contribution in [0.25, 0.3) is 0 Å². The summed E-state index contributed by atoms with van der Waals surface area (Å²) >= 11 is 9.22. The highest BCUT2D eigenvalue weighted by molar-refractivity contribution is 9.10. The quantitative estimate of drug-likeness (QED) is 0.863. The summed E-state index contributed by atoms with van der Waals surface area (Å²) in [6.07, 6.45) is 0. The lowest BCUT2D eigenvalue weighted by Gasteiger charge is -2.28. The second kappa shape index (κ2) is 6.33. The van der Waals surface area contributed by atoms with Crippen molar-refractivity contribution in [2.75, 3.05) is 11.4 Å². The van der Waals surface area contributed by atoms with Crippen molar-refractivity contribution in [2.24, 2.45) is 0 Å². The molecule has 1 unspecified atom stereocenters. The number of rotatable bonds is 5. The van der Waals surface area contributed by atoms with Gasteiger partial charge in [0.15, 0.2) is 4.67 Å². The van der Waals surface area contributed by atoms with Gasteiger partial charge < -0.3 is 14.4 Å². The van der Waals surface area contributed by atoms with Crippen molar-refractivity contribution in [2.45, 2.75) is 13.0 Å². The number of carboxylic acids is 1. The minimum absolute atomic E-state index is 0.139. The molecule has 6 heteroatoms. The van der Waals surface area contributed by atoms with Gasteiger partial charge >= 0.3 is 5.97 Å². The van der Waals surface area contributed by atoms with Crippen LogP contribution in [-0.2, 0) is 4.79 Å². The average Bonchev–Trinajstić information content (AvgIpc) is 2.81. The zero-order valence-corrected chi connectivity index (χ0v) is 13.1. The third-order valence-corrected chi connectivity index (χ3v) is 3.58. The van der Waals surface area contributed by atoms with E-state index in [9.17, 15) is 4.79 Å². The second-order valence-electron chi connectivity index (χ2n) is 4.32. The number of aliphatic carboxylic acids is 1. The molecule has 1 aromatic heterocycles. The number of carbonyl (C=O) groups is 1. The van der Waals surface area contributed by atoms with Gasteiger partial charge in [0.2, 0.25) is 0 Å². The van der Waals surface area contributed by atoms with E-state index in [4.69, 9.17) is 21.1 Å². The summed E-state index contributed by atoms with van der Waals surface area (Å²) in [4.78, 5) is 12.8. The van der Waals surface area contributed by atoms with Crippen molar-refractivity contribution >= 4 is 39.2 Å². The monoisotopic (exact) mass is 357 g/mol. The molecule has 0 amide bonds. The van der Waals surface area contributed by atoms with Gasteiger partial charge in [0.25, 0.3) is 0 Å². The predicted octanol–water partition coefficient (Wildman–Crippen LogP) is 4.35. The van der Waals surface area contributed by atoms with E-state index >= 15 is 0 Å². The molecule has 0 saturated heterocycles. The van der Waals surface area contributed by atoms with Crippen LogP contribution < -0.4 is 4.90 Å². The molecule has 0 aliphatic heterocycles. The minimum atomic E-state index is -0.914. The molecule has 0 spiro atoms. The fourth-order valence-corrected chi connectivity index (χ4v) is 2.46. The van der Waals surface area contributed by atoms with Gasteiger partial charge in [-0.15, -0.1) is 0 Å². The molecule has 1 N–H and O–H groups in total. The lowest BCUT2D eigenvalue weighted by Crippen LogP contribution is -2.32. The zero-order chi connectivity index (χ0) is 14.7. The standard InChI is InChI=1S/C14H13BrClNO3/c1-9(12-5-6-13(15)20-12)17(8-14(18)19)11-4-2-3-10(16)7-11/h2-7,9H,8H2,1H3,(H,18,19). The van der Waals surface area contributed by atoms with E-state index in [1.807, 2.05) is 19.1 Å². The van der Waals surface area contributed by atoms with Crippen LogP contribution in [0.5, 0.6) is 0 Å². The van der Waals surface area contributed by atoms with Gasteiger partial charge in [-0.2, -0.15) is 0 Å². The molecule has 0 fully saturated rings. The first kappa shape index (κ1) is 14.9. The molecule has 0 aliphatic carbocycles. The first-order chi connectivity index (χ1) is 9.47. The highest BCUT2D eigenvalue weighted by Crippen LogP contribution is 2.30. The molecule has 20 heavy (non-hydrogen) atoms. The van der Waals surface area contributed by atoms with E-state index in [1.165, 1.54) is 0 Å². The number of anilines is 1. The van der Waals surface area contributed by atoms with Crippen LogP contribution in [0.1, 0.15) is 18.7 Å². The highest BCUT2D eigenvalue weighted by atomic mass is 79.9. The summed E-state index contributed by atoms with van der Waals surface area (Å²) < 4.78 is 6.12. The summed E-state index contributed by atoms with van der Waals surface area (Å²) in [6.45, 7) is 1.74. The van der Waals surface area contributed by atoms with Gasteiger partial charge in [-0.1, -0.05) is 17.7 Å². The Bertz CT molecular complexity index is 614. The fourth-order valence-electron chi connectivity index (χ4n) is 1.96. The number of furan rings is 1. The summed E-state index contributed by atoms with van der Waals surface area (Å²) in [5.74, 6) is -0.236. The van der Waals surface area contributed by atoms with Crippen LogP contribution in [0.15, 0.2) is 45.5 Å². The molecule has 2 rings (SSSR count). The first-order valence-corrected chi connectivity index (χ1v) is 7.13. The Morgan fingerprint density at radius 2 is 2.20 bits per heavy atom. The topological polar surface area (TPSA) is 53.7 Å². The molecule has 0 aliphatic rings. The molecule has 1 aromatic carbocycles. The number of carboxylic acid groups (broad SMARTS) is 1. The SMILES string of the molecule is CC(c1ccc(Br)o1)N(CC(=O)O)c1cccc(Cl)c1. The number of benzene rings is 1. The smallest absolute Gasteiger partial charge is 0.323 e. The molecule has 2 aromatic rings. The van der Waals surface area contributed by atoms with Crippen LogP contribution >= 0.6 is 27.5 Å². The van der Waals surface area contributed by atoms with Crippen molar-refractivity contribution in [1.82, 2.24) is 0 Å². The summed E-state index contributed by atoms with van der Waals surface area (Å²) in [7, 11) is 0. The molecule has 4 nitrogen and oxygen atoms in total. The lowest BCUT2D eigenvalue weighted by molar-refractivity contribution is -0.135. The number of nitrogens with zero attached hydrogens (tertiary/aromatic N) is 1. The number of hydrogen-bond acceptors (Lipinski definition) is 3. The maximum Gasteiger partial charge on any atom is 0.323 e. The van der Waals surface area contributed by atoms with Crippen LogP contribution in [0.4, 0.5) is 5.69 Å². The Morgan fingerprint density at radius 1 is 1.45 bits per heavy atom. The molecular formula is C14H13BrClNO3. The van der Waals surface area contributed by atoms with E-state index in [1.54, 1.807) is 29.2 Å². The molecule has 0 radical (unpaired) electrons. The van der Waals surface area contributed by atoms with Gasteiger partial charge in [-0.25, -0.2) is 0 Å². The van der Waals surface area contributed by atoms with Crippen molar-refractivity contribution in [3.05, 3.63) is 51.9 Å². The second-order valence-corrected chi connectivity index (χ2v) is 5.54. The van der Waals surface area contributed by atoms with Gasteiger partial charge in [0, 0.05) is 10.7 Å². The van der Waals surface area contributed by atoms with Crippen LogP contribution in [-0.4, -0.2) is 17.6 Å². The van der Waals surface area contributed by atoms with Crippen LogP contribution in [0.3, 0.4) is 0 Å². The fraction of sp³-hybridized carbons (Fsp3) is 0.214. The van der Waals surface area contributed by atoms with Crippen LogP contribution in [0, 0.1) is 0 Å². The van der Waals surface area contributed by atoms with E-state index in [2.05, 4.69) is 15.9 Å². The Labute approximate surface area is 130 Å². The number of halogens is 2. The Balaban J connectivity index is 2.34. The Morgan fingerprint density at radius 3 is 2.75 bits per heavy atom.